The summed E-state index contributed by atoms with van der Waals surface area (Å²) in [5.74, 6) is 0. The zero-order chi connectivity index (χ0) is 12.4. The predicted molar refractivity (Wildman–Crippen MR) is 73.7 cm³/mol. The van der Waals surface area contributed by atoms with Crippen LogP contribution < -0.4 is 5.73 Å². The van der Waals surface area contributed by atoms with Gasteiger partial charge in [-0.2, -0.15) is 0 Å². The summed E-state index contributed by atoms with van der Waals surface area (Å²) in [6.07, 6.45) is 0.764. The molecule has 0 aliphatic rings. The van der Waals surface area contributed by atoms with Crippen molar-refractivity contribution in [3.8, 4) is 0 Å². The van der Waals surface area contributed by atoms with E-state index in [0.717, 1.165) is 27.7 Å². The lowest BCUT2D eigenvalue weighted by atomic mass is 10.00. The van der Waals surface area contributed by atoms with E-state index in [-0.39, 0.29) is 6.04 Å². The molecule has 0 saturated heterocycles. The Morgan fingerprint density at radius 2 is 2.18 bits per heavy atom. The molecule has 0 bridgehead atoms. The minimum absolute atomic E-state index is 0.0424. The lowest BCUT2D eigenvalue weighted by Gasteiger charge is -2.13. The monoisotopic (exact) mass is 266 g/mol. The summed E-state index contributed by atoms with van der Waals surface area (Å²) in [6.45, 7) is 4.05. The molecule has 0 saturated carbocycles. The van der Waals surface area contributed by atoms with Gasteiger partial charge in [0.15, 0.2) is 0 Å². The third-order valence-corrected chi connectivity index (χ3v) is 3.93. The summed E-state index contributed by atoms with van der Waals surface area (Å²) in [7, 11) is 0. The maximum absolute atomic E-state index is 6.21. The highest BCUT2D eigenvalue weighted by Gasteiger charge is 2.12. The third-order valence-electron chi connectivity index (χ3n) is 2.70. The Morgan fingerprint density at radius 3 is 2.82 bits per heavy atom. The number of thiazole rings is 1. The number of aromatic nitrogens is 1. The van der Waals surface area contributed by atoms with Crippen molar-refractivity contribution >= 4 is 22.9 Å². The number of aryl methyl sites for hydroxylation is 2. The maximum atomic E-state index is 6.21. The Hall–Kier alpha value is -0.900. The van der Waals surface area contributed by atoms with E-state index in [0.29, 0.717) is 0 Å². The number of rotatable bonds is 3. The molecule has 0 amide bonds. The van der Waals surface area contributed by atoms with Gasteiger partial charge in [0.05, 0.1) is 5.01 Å². The number of nitrogens with two attached hydrogens (primary N) is 1. The molecule has 2 aromatic rings. The first-order chi connectivity index (χ1) is 8.06. The van der Waals surface area contributed by atoms with E-state index in [9.17, 15) is 0 Å². The molecular weight excluding hydrogens is 252 g/mol. The molecule has 1 heterocycles. The van der Waals surface area contributed by atoms with Crippen molar-refractivity contribution in [2.75, 3.05) is 0 Å². The largest absolute Gasteiger partial charge is 0.324 e. The highest BCUT2D eigenvalue weighted by Crippen LogP contribution is 2.24. The number of hydrogen-bond acceptors (Lipinski definition) is 3. The van der Waals surface area contributed by atoms with Crippen molar-refractivity contribution in [3.05, 3.63) is 50.4 Å². The van der Waals surface area contributed by atoms with E-state index in [1.54, 1.807) is 11.3 Å². The molecule has 0 aliphatic heterocycles. The fraction of sp³-hybridized carbons (Fsp3) is 0.308. The fourth-order valence-corrected chi connectivity index (χ4v) is 2.82. The van der Waals surface area contributed by atoms with Crippen LogP contribution in [-0.4, -0.2) is 4.98 Å². The van der Waals surface area contributed by atoms with Crippen LogP contribution in [0.5, 0.6) is 0 Å². The number of nitrogens with zero attached hydrogens (tertiary/aromatic N) is 1. The van der Waals surface area contributed by atoms with Gasteiger partial charge >= 0.3 is 0 Å². The summed E-state index contributed by atoms with van der Waals surface area (Å²) >= 11 is 7.66. The number of benzene rings is 1. The maximum Gasteiger partial charge on any atom is 0.0947 e. The van der Waals surface area contributed by atoms with Crippen LogP contribution >= 0.6 is 22.9 Å². The lowest BCUT2D eigenvalue weighted by Crippen LogP contribution is -2.14. The van der Waals surface area contributed by atoms with Crippen molar-refractivity contribution < 1.29 is 0 Å². The molecule has 0 aliphatic carbocycles. The van der Waals surface area contributed by atoms with Crippen LogP contribution in [0.1, 0.15) is 27.9 Å². The topological polar surface area (TPSA) is 38.9 Å². The van der Waals surface area contributed by atoms with Gasteiger partial charge in [-0.25, -0.2) is 4.98 Å². The van der Waals surface area contributed by atoms with Crippen molar-refractivity contribution in [2.24, 2.45) is 5.73 Å². The molecule has 0 spiro atoms. The van der Waals surface area contributed by atoms with E-state index >= 15 is 0 Å². The molecule has 17 heavy (non-hydrogen) atoms. The third kappa shape index (κ3) is 3.06. The van der Waals surface area contributed by atoms with Crippen LogP contribution in [0, 0.1) is 13.8 Å². The summed E-state index contributed by atoms with van der Waals surface area (Å²) in [5, 5.41) is 3.86. The quantitative estimate of drug-likeness (QED) is 0.921. The average Bonchev–Trinajstić information content (AvgIpc) is 2.67. The van der Waals surface area contributed by atoms with E-state index in [1.165, 1.54) is 5.56 Å². The molecular formula is C13H15ClN2S. The van der Waals surface area contributed by atoms with Crippen molar-refractivity contribution in [1.82, 2.24) is 4.98 Å². The number of halogens is 1. The first-order valence-electron chi connectivity index (χ1n) is 5.49. The number of hydrogen-bond donors (Lipinski definition) is 1. The first-order valence-corrected chi connectivity index (χ1v) is 6.74. The standard InChI is InChI=1S/C13H15ClN2S/c1-8-3-4-10(14)5-11(8)12(15)6-13-16-9(2)7-17-13/h3-5,7,12H,6,15H2,1-2H3. The second kappa shape index (κ2) is 5.17. The van der Waals surface area contributed by atoms with Crippen molar-refractivity contribution in [1.29, 1.82) is 0 Å². The van der Waals surface area contributed by atoms with Gasteiger partial charge in [-0.15, -0.1) is 11.3 Å². The van der Waals surface area contributed by atoms with E-state index in [4.69, 9.17) is 17.3 Å². The van der Waals surface area contributed by atoms with Crippen LogP contribution in [0.4, 0.5) is 0 Å². The average molecular weight is 267 g/mol. The van der Waals surface area contributed by atoms with Gasteiger partial charge in [0.2, 0.25) is 0 Å². The minimum atomic E-state index is -0.0424. The molecule has 2 N–H and O–H groups in total. The van der Waals surface area contributed by atoms with E-state index in [1.807, 2.05) is 30.5 Å². The van der Waals surface area contributed by atoms with Gasteiger partial charge in [-0.05, 0) is 37.1 Å². The second-order valence-electron chi connectivity index (χ2n) is 4.19. The molecule has 1 aromatic carbocycles. The van der Waals surface area contributed by atoms with E-state index < -0.39 is 0 Å². The molecule has 0 fully saturated rings. The van der Waals surface area contributed by atoms with Crippen LogP contribution in [0.3, 0.4) is 0 Å². The summed E-state index contributed by atoms with van der Waals surface area (Å²) in [6, 6.07) is 5.80. The predicted octanol–water partition coefficient (Wildman–Crippen LogP) is 3.66. The normalized spacial score (nSPS) is 12.7. The van der Waals surface area contributed by atoms with E-state index in [2.05, 4.69) is 11.9 Å². The highest BCUT2D eigenvalue weighted by molar-refractivity contribution is 7.09. The molecule has 1 atom stereocenters. The second-order valence-corrected chi connectivity index (χ2v) is 5.57. The Balaban J connectivity index is 2.19. The molecule has 1 aromatic heterocycles. The molecule has 2 rings (SSSR count). The summed E-state index contributed by atoms with van der Waals surface area (Å²) in [4.78, 5) is 4.43. The Morgan fingerprint density at radius 1 is 1.41 bits per heavy atom. The van der Waals surface area contributed by atoms with Crippen molar-refractivity contribution in [3.63, 3.8) is 0 Å². The molecule has 90 valence electrons. The minimum Gasteiger partial charge on any atom is -0.324 e. The highest BCUT2D eigenvalue weighted by atomic mass is 35.5. The summed E-state index contributed by atoms with van der Waals surface area (Å²) < 4.78 is 0. The van der Waals surface area contributed by atoms with Gasteiger partial charge in [-0.1, -0.05) is 17.7 Å². The summed E-state index contributed by atoms with van der Waals surface area (Å²) in [5.41, 5.74) is 9.55. The van der Waals surface area contributed by atoms with Gasteiger partial charge in [0, 0.05) is 28.6 Å². The zero-order valence-electron chi connectivity index (χ0n) is 9.90. The van der Waals surface area contributed by atoms with Crippen LogP contribution in [-0.2, 0) is 6.42 Å². The smallest absolute Gasteiger partial charge is 0.0947 e. The van der Waals surface area contributed by atoms with Crippen LogP contribution in [0.15, 0.2) is 23.6 Å². The van der Waals surface area contributed by atoms with Gasteiger partial charge in [0.25, 0.3) is 0 Å². The molecule has 4 heteroatoms. The van der Waals surface area contributed by atoms with Crippen LogP contribution in [0.25, 0.3) is 0 Å². The van der Waals surface area contributed by atoms with Crippen LogP contribution in [0.2, 0.25) is 5.02 Å². The van der Waals surface area contributed by atoms with Gasteiger partial charge in [-0.3, -0.25) is 0 Å². The molecule has 2 nitrogen and oxygen atoms in total. The Labute approximate surface area is 110 Å². The van der Waals surface area contributed by atoms with Gasteiger partial charge < -0.3 is 5.73 Å². The molecule has 0 radical (unpaired) electrons. The van der Waals surface area contributed by atoms with Crippen molar-refractivity contribution in [2.45, 2.75) is 26.3 Å². The first kappa shape index (κ1) is 12.6. The lowest BCUT2D eigenvalue weighted by molar-refractivity contribution is 0.712. The van der Waals surface area contributed by atoms with Gasteiger partial charge in [0.1, 0.15) is 0 Å². The molecule has 1 unspecified atom stereocenters. The SMILES string of the molecule is Cc1csc(CC(N)c2cc(Cl)ccc2C)n1. The fourth-order valence-electron chi connectivity index (χ4n) is 1.81. The Bertz CT molecular complexity index is 522. The zero-order valence-corrected chi connectivity index (χ0v) is 11.5. The Kier molecular flexibility index (Phi) is 3.82.